The fourth-order valence-electron chi connectivity index (χ4n) is 3.31. The van der Waals surface area contributed by atoms with Gasteiger partial charge >= 0.3 is 17.6 Å². The van der Waals surface area contributed by atoms with Crippen molar-refractivity contribution in [2.75, 3.05) is 52.4 Å². The molecule has 0 saturated carbocycles. The Labute approximate surface area is 173 Å². The summed E-state index contributed by atoms with van der Waals surface area (Å²) >= 11 is 0. The zero-order valence-corrected chi connectivity index (χ0v) is 20.5. The van der Waals surface area contributed by atoms with Gasteiger partial charge < -0.3 is 31.5 Å². The molecular weight excluding hydrogens is 396 g/mol. The smallest absolute Gasteiger partial charge is 0.374 e. The lowest BCUT2D eigenvalue weighted by Gasteiger charge is -2.41. The van der Waals surface area contributed by atoms with Gasteiger partial charge in [0.05, 0.1) is 18.4 Å². The topological polar surface area (TPSA) is 70.7 Å². The molecular formula is C18H40N2O6Si2. The van der Waals surface area contributed by atoms with Gasteiger partial charge in [0, 0.05) is 46.2 Å². The highest BCUT2D eigenvalue weighted by molar-refractivity contribution is 6.61. The standard InChI is InChI=1S/C18H40N2O6Si2/c1-7-21-27(22-8-2,23-9-3)16-18-19-14-13-15-20(18)17-28(24-10-4,25-11-5)26-12-6/h13,15,18-19H,7-12,14,16-17H2,1-6H3. The summed E-state index contributed by atoms with van der Waals surface area (Å²) in [7, 11) is -5.63. The van der Waals surface area contributed by atoms with Crippen LogP contribution in [0.1, 0.15) is 41.5 Å². The van der Waals surface area contributed by atoms with E-state index in [0.717, 1.165) is 6.54 Å². The second kappa shape index (κ2) is 13.8. The summed E-state index contributed by atoms with van der Waals surface area (Å²) in [5.41, 5.74) is 0. The van der Waals surface area contributed by atoms with Gasteiger partial charge in [0.15, 0.2) is 0 Å². The maximum atomic E-state index is 6.06. The van der Waals surface area contributed by atoms with Crippen molar-refractivity contribution in [2.45, 2.75) is 53.8 Å². The van der Waals surface area contributed by atoms with Crippen molar-refractivity contribution in [3.05, 3.63) is 12.3 Å². The maximum absolute atomic E-state index is 6.06. The second-order valence-electron chi connectivity index (χ2n) is 6.15. The molecule has 166 valence electrons. The van der Waals surface area contributed by atoms with Gasteiger partial charge in [-0.25, -0.2) is 0 Å². The summed E-state index contributed by atoms with van der Waals surface area (Å²) in [4.78, 5) is 2.19. The zero-order valence-electron chi connectivity index (χ0n) is 18.5. The Hall–Kier alpha value is -0.306. The van der Waals surface area contributed by atoms with Crippen molar-refractivity contribution >= 4 is 17.6 Å². The van der Waals surface area contributed by atoms with Crippen molar-refractivity contribution in [2.24, 2.45) is 0 Å². The van der Waals surface area contributed by atoms with Crippen molar-refractivity contribution in [3.63, 3.8) is 0 Å². The molecule has 0 amide bonds. The average Bonchev–Trinajstić information content (AvgIpc) is 2.65. The highest BCUT2D eigenvalue weighted by atomic mass is 28.4. The Morgan fingerprint density at radius 1 is 0.750 bits per heavy atom. The Morgan fingerprint density at radius 3 is 1.61 bits per heavy atom. The molecule has 0 aromatic heterocycles. The highest BCUT2D eigenvalue weighted by Gasteiger charge is 2.48. The van der Waals surface area contributed by atoms with Crippen LogP contribution in [0.2, 0.25) is 6.04 Å². The zero-order chi connectivity index (χ0) is 20.9. The summed E-state index contributed by atoms with van der Waals surface area (Å²) in [6, 6.07) is 0.641. The molecule has 0 saturated heterocycles. The number of nitrogens with zero attached hydrogens (tertiary/aromatic N) is 1. The second-order valence-corrected chi connectivity index (χ2v) is 11.3. The van der Waals surface area contributed by atoms with E-state index in [4.69, 9.17) is 26.6 Å². The average molecular weight is 437 g/mol. The van der Waals surface area contributed by atoms with Crippen LogP contribution in [0.25, 0.3) is 0 Å². The number of hydrogen-bond acceptors (Lipinski definition) is 8. The molecule has 1 rings (SSSR count). The van der Waals surface area contributed by atoms with E-state index in [0.29, 0.717) is 51.9 Å². The molecule has 1 N–H and O–H groups in total. The van der Waals surface area contributed by atoms with Crippen LogP contribution < -0.4 is 5.32 Å². The minimum atomic E-state index is -2.83. The first kappa shape index (κ1) is 25.7. The Balaban J connectivity index is 3.04. The molecule has 1 unspecified atom stereocenters. The van der Waals surface area contributed by atoms with Crippen LogP contribution in [-0.2, 0) is 26.6 Å². The van der Waals surface area contributed by atoms with Gasteiger partial charge in [-0.2, -0.15) is 0 Å². The van der Waals surface area contributed by atoms with E-state index in [9.17, 15) is 0 Å². The molecule has 1 atom stereocenters. The van der Waals surface area contributed by atoms with Gasteiger partial charge in [0.1, 0.15) is 0 Å². The van der Waals surface area contributed by atoms with Crippen LogP contribution in [0.15, 0.2) is 12.3 Å². The lowest BCUT2D eigenvalue weighted by molar-refractivity contribution is 0.0459. The predicted molar refractivity (Wildman–Crippen MR) is 114 cm³/mol. The Bertz CT molecular complexity index is 410. The molecule has 0 aliphatic carbocycles. The largest absolute Gasteiger partial charge is 0.521 e. The third-order valence-electron chi connectivity index (χ3n) is 4.17. The van der Waals surface area contributed by atoms with Crippen LogP contribution in [0.5, 0.6) is 0 Å². The van der Waals surface area contributed by atoms with Crippen molar-refractivity contribution < 1.29 is 26.6 Å². The number of nitrogens with one attached hydrogen (secondary N) is 1. The van der Waals surface area contributed by atoms with Crippen LogP contribution in [-0.4, -0.2) is 81.0 Å². The minimum Gasteiger partial charge on any atom is -0.374 e. The number of rotatable bonds is 16. The summed E-state index contributed by atoms with van der Waals surface area (Å²) in [5.74, 6) is 0. The van der Waals surface area contributed by atoms with Gasteiger partial charge in [0.2, 0.25) is 0 Å². The minimum absolute atomic E-state index is 0.00504. The molecule has 0 radical (unpaired) electrons. The Morgan fingerprint density at radius 2 is 1.18 bits per heavy atom. The van der Waals surface area contributed by atoms with Crippen LogP contribution in [0.4, 0.5) is 0 Å². The summed E-state index contributed by atoms with van der Waals surface area (Å²) < 4.78 is 36.3. The van der Waals surface area contributed by atoms with E-state index in [-0.39, 0.29) is 6.17 Å². The van der Waals surface area contributed by atoms with E-state index in [1.807, 2.05) is 41.5 Å². The van der Waals surface area contributed by atoms with E-state index in [2.05, 4.69) is 22.5 Å². The molecule has 0 spiro atoms. The molecule has 0 fully saturated rings. The quantitative estimate of drug-likeness (QED) is 0.370. The molecule has 1 aliphatic rings. The molecule has 1 heterocycles. The first-order valence-corrected chi connectivity index (χ1v) is 14.4. The van der Waals surface area contributed by atoms with Crippen molar-refractivity contribution in [1.29, 1.82) is 0 Å². The van der Waals surface area contributed by atoms with Crippen molar-refractivity contribution in [1.82, 2.24) is 10.2 Å². The fraction of sp³-hybridized carbons (Fsp3) is 0.889. The van der Waals surface area contributed by atoms with E-state index in [1.54, 1.807) is 0 Å². The van der Waals surface area contributed by atoms with E-state index >= 15 is 0 Å². The third-order valence-corrected chi connectivity index (χ3v) is 10.2. The first-order valence-electron chi connectivity index (χ1n) is 10.5. The third kappa shape index (κ3) is 7.84. The SMILES string of the molecule is CCO[Si](CC1NCC=CN1C[Si](OCC)(OCC)OCC)(OCC)OCC. The van der Waals surface area contributed by atoms with E-state index in [1.165, 1.54) is 0 Å². The molecule has 8 nitrogen and oxygen atoms in total. The summed E-state index contributed by atoms with van der Waals surface area (Å²) in [5, 5.41) is 3.54. The predicted octanol–water partition coefficient (Wildman–Crippen LogP) is 2.37. The van der Waals surface area contributed by atoms with Gasteiger partial charge in [0.25, 0.3) is 0 Å². The van der Waals surface area contributed by atoms with Crippen LogP contribution in [0.3, 0.4) is 0 Å². The lowest BCUT2D eigenvalue weighted by Crippen LogP contribution is -2.61. The van der Waals surface area contributed by atoms with Crippen LogP contribution in [0, 0.1) is 0 Å². The van der Waals surface area contributed by atoms with Gasteiger partial charge in [-0.15, -0.1) is 0 Å². The first-order chi connectivity index (χ1) is 13.5. The molecule has 0 aromatic carbocycles. The Kier molecular flexibility index (Phi) is 12.7. The van der Waals surface area contributed by atoms with Gasteiger partial charge in [-0.1, -0.05) is 6.08 Å². The molecule has 0 aromatic rings. The normalized spacial score (nSPS) is 18.1. The van der Waals surface area contributed by atoms with Gasteiger partial charge in [-0.05, 0) is 47.7 Å². The fourth-order valence-corrected chi connectivity index (χ4v) is 8.70. The summed E-state index contributed by atoms with van der Waals surface area (Å²) in [6.45, 7) is 16.0. The monoisotopic (exact) mass is 436 g/mol. The molecule has 1 aliphatic heterocycles. The molecule has 10 heteroatoms. The molecule has 28 heavy (non-hydrogen) atoms. The number of hydrogen-bond donors (Lipinski definition) is 1. The highest BCUT2D eigenvalue weighted by Crippen LogP contribution is 2.24. The maximum Gasteiger partial charge on any atom is 0.521 e. The molecule has 0 bridgehead atoms. The van der Waals surface area contributed by atoms with Crippen molar-refractivity contribution in [3.8, 4) is 0 Å². The van der Waals surface area contributed by atoms with Gasteiger partial charge in [-0.3, -0.25) is 5.32 Å². The van der Waals surface area contributed by atoms with Crippen LogP contribution >= 0.6 is 0 Å². The van der Waals surface area contributed by atoms with E-state index < -0.39 is 17.6 Å². The summed E-state index contributed by atoms with van der Waals surface area (Å²) in [6.07, 6.45) is 4.73. The lowest BCUT2D eigenvalue weighted by atomic mass is 10.4.